The van der Waals surface area contributed by atoms with E-state index in [1.165, 1.54) is 23.1 Å². The van der Waals surface area contributed by atoms with E-state index in [0.717, 1.165) is 5.56 Å². The van der Waals surface area contributed by atoms with Gasteiger partial charge >= 0.3 is 0 Å². The first-order valence-corrected chi connectivity index (χ1v) is 11.0. The molecule has 0 aliphatic rings. The van der Waals surface area contributed by atoms with Crippen molar-refractivity contribution in [2.24, 2.45) is 0 Å². The molecule has 0 saturated carbocycles. The molecule has 8 nitrogen and oxygen atoms in total. The Kier molecular flexibility index (Phi) is 6.99. The zero-order chi connectivity index (χ0) is 20.8. The SMILES string of the molecule is CCn1c(SCC(=O)Nc2nccs2)nnc1[C@@H](C)NC(=O)c1ccccc1C. The number of anilines is 1. The Morgan fingerprint density at radius 3 is 2.76 bits per heavy atom. The highest BCUT2D eigenvalue weighted by Crippen LogP contribution is 2.21. The molecule has 2 aromatic heterocycles. The first kappa shape index (κ1) is 21.0. The number of carbonyl (C=O) groups excluding carboxylic acids is 2. The molecule has 0 aliphatic carbocycles. The van der Waals surface area contributed by atoms with Gasteiger partial charge in [-0.3, -0.25) is 9.59 Å². The normalized spacial score (nSPS) is 11.8. The molecule has 0 bridgehead atoms. The molecule has 29 heavy (non-hydrogen) atoms. The number of benzene rings is 1. The highest BCUT2D eigenvalue weighted by Gasteiger charge is 2.20. The molecule has 2 N–H and O–H groups in total. The fourth-order valence-corrected chi connectivity index (χ4v) is 4.12. The Morgan fingerprint density at radius 1 is 1.28 bits per heavy atom. The van der Waals surface area contributed by atoms with Gasteiger partial charge < -0.3 is 15.2 Å². The van der Waals surface area contributed by atoms with E-state index in [1.54, 1.807) is 17.6 Å². The summed E-state index contributed by atoms with van der Waals surface area (Å²) in [6.07, 6.45) is 1.64. The number of hydrogen-bond acceptors (Lipinski definition) is 7. The summed E-state index contributed by atoms with van der Waals surface area (Å²) in [5, 5.41) is 17.2. The van der Waals surface area contributed by atoms with Crippen LogP contribution >= 0.6 is 23.1 Å². The lowest BCUT2D eigenvalue weighted by molar-refractivity contribution is -0.113. The number of amides is 2. The molecular weight excluding hydrogens is 408 g/mol. The lowest BCUT2D eigenvalue weighted by Crippen LogP contribution is -2.29. The van der Waals surface area contributed by atoms with Crippen LogP contribution in [0.1, 0.15) is 41.6 Å². The predicted octanol–water partition coefficient (Wildman–Crippen LogP) is 3.28. The molecule has 152 valence electrons. The van der Waals surface area contributed by atoms with Crippen LogP contribution in [0.2, 0.25) is 0 Å². The number of rotatable bonds is 8. The van der Waals surface area contributed by atoms with Crippen LogP contribution < -0.4 is 10.6 Å². The van der Waals surface area contributed by atoms with Crippen LogP contribution in [0.15, 0.2) is 41.0 Å². The van der Waals surface area contributed by atoms with Crippen molar-refractivity contribution >= 4 is 40.0 Å². The van der Waals surface area contributed by atoms with Crippen molar-refractivity contribution in [3.05, 3.63) is 52.8 Å². The van der Waals surface area contributed by atoms with Crippen LogP contribution in [-0.4, -0.2) is 37.3 Å². The first-order valence-electron chi connectivity index (χ1n) is 9.11. The summed E-state index contributed by atoms with van der Waals surface area (Å²) in [5.74, 6) is 0.537. The Bertz CT molecular complexity index is 987. The lowest BCUT2D eigenvalue weighted by Gasteiger charge is -2.16. The van der Waals surface area contributed by atoms with Crippen LogP contribution in [0.4, 0.5) is 5.13 Å². The number of thiazole rings is 1. The van der Waals surface area contributed by atoms with E-state index in [-0.39, 0.29) is 23.6 Å². The van der Waals surface area contributed by atoms with Gasteiger partial charge in [0.1, 0.15) is 0 Å². The van der Waals surface area contributed by atoms with Crippen molar-refractivity contribution in [1.29, 1.82) is 0 Å². The largest absolute Gasteiger partial charge is 0.342 e. The first-order chi connectivity index (χ1) is 14.0. The number of carbonyl (C=O) groups is 2. The zero-order valence-electron chi connectivity index (χ0n) is 16.4. The molecule has 0 unspecified atom stereocenters. The third-order valence-electron chi connectivity index (χ3n) is 4.20. The smallest absolute Gasteiger partial charge is 0.252 e. The summed E-state index contributed by atoms with van der Waals surface area (Å²) in [5.41, 5.74) is 1.55. The minimum absolute atomic E-state index is 0.154. The average molecular weight is 431 g/mol. The molecular formula is C19H22N6O2S2. The fourth-order valence-electron chi connectivity index (χ4n) is 2.76. The summed E-state index contributed by atoms with van der Waals surface area (Å²) in [7, 11) is 0. The molecule has 2 amide bonds. The molecule has 2 heterocycles. The van der Waals surface area contributed by atoms with E-state index < -0.39 is 0 Å². The van der Waals surface area contributed by atoms with Gasteiger partial charge in [0, 0.05) is 23.7 Å². The lowest BCUT2D eigenvalue weighted by atomic mass is 10.1. The van der Waals surface area contributed by atoms with Gasteiger partial charge in [-0.1, -0.05) is 30.0 Å². The quantitative estimate of drug-likeness (QED) is 0.532. The van der Waals surface area contributed by atoms with Crippen LogP contribution in [0.25, 0.3) is 0 Å². The van der Waals surface area contributed by atoms with Crippen molar-refractivity contribution in [1.82, 2.24) is 25.1 Å². The summed E-state index contributed by atoms with van der Waals surface area (Å²) >= 11 is 2.67. The maximum atomic E-state index is 12.6. The summed E-state index contributed by atoms with van der Waals surface area (Å²) in [6.45, 7) is 6.38. The van der Waals surface area contributed by atoms with Crippen molar-refractivity contribution in [3.8, 4) is 0 Å². The number of hydrogen-bond donors (Lipinski definition) is 2. The third-order valence-corrected chi connectivity index (χ3v) is 5.85. The fraction of sp³-hybridized carbons (Fsp3) is 0.316. The van der Waals surface area contributed by atoms with Crippen molar-refractivity contribution < 1.29 is 9.59 Å². The van der Waals surface area contributed by atoms with Gasteiger partial charge in [0.25, 0.3) is 5.91 Å². The minimum Gasteiger partial charge on any atom is -0.342 e. The summed E-state index contributed by atoms with van der Waals surface area (Å²) in [4.78, 5) is 28.7. The molecule has 0 spiro atoms. The van der Waals surface area contributed by atoms with Gasteiger partial charge in [0.05, 0.1) is 11.8 Å². The Balaban J connectivity index is 1.64. The third kappa shape index (κ3) is 5.21. The Hall–Kier alpha value is -2.72. The van der Waals surface area contributed by atoms with E-state index >= 15 is 0 Å². The Labute approximate surface area is 177 Å². The topological polar surface area (TPSA) is 102 Å². The van der Waals surface area contributed by atoms with Crippen LogP contribution in [0.3, 0.4) is 0 Å². The molecule has 3 rings (SSSR count). The monoisotopic (exact) mass is 430 g/mol. The van der Waals surface area contributed by atoms with E-state index in [2.05, 4.69) is 25.8 Å². The summed E-state index contributed by atoms with van der Waals surface area (Å²) in [6, 6.07) is 7.11. The van der Waals surface area contributed by atoms with E-state index in [4.69, 9.17) is 0 Å². The van der Waals surface area contributed by atoms with E-state index in [0.29, 0.717) is 28.2 Å². The average Bonchev–Trinajstić information content (AvgIpc) is 3.35. The number of thioether (sulfide) groups is 1. The van der Waals surface area contributed by atoms with Gasteiger partial charge in [-0.05, 0) is 32.4 Å². The highest BCUT2D eigenvalue weighted by molar-refractivity contribution is 7.99. The van der Waals surface area contributed by atoms with Gasteiger partial charge in [-0.25, -0.2) is 4.98 Å². The number of nitrogens with one attached hydrogen (secondary N) is 2. The van der Waals surface area contributed by atoms with Crippen molar-refractivity contribution in [3.63, 3.8) is 0 Å². The van der Waals surface area contributed by atoms with Gasteiger partial charge in [0.15, 0.2) is 16.1 Å². The van der Waals surface area contributed by atoms with Gasteiger partial charge in [-0.2, -0.15) is 0 Å². The van der Waals surface area contributed by atoms with Crippen molar-refractivity contribution in [2.45, 2.75) is 38.5 Å². The molecule has 1 aromatic carbocycles. The van der Waals surface area contributed by atoms with E-state index in [9.17, 15) is 9.59 Å². The number of aromatic nitrogens is 4. The van der Waals surface area contributed by atoms with E-state index in [1.807, 2.05) is 43.5 Å². The van der Waals surface area contributed by atoms with Crippen LogP contribution in [0.5, 0.6) is 0 Å². The molecule has 1 atom stereocenters. The molecule has 3 aromatic rings. The molecule has 0 aliphatic heterocycles. The second-order valence-electron chi connectivity index (χ2n) is 6.27. The second kappa shape index (κ2) is 9.66. The van der Waals surface area contributed by atoms with Crippen LogP contribution in [-0.2, 0) is 11.3 Å². The minimum atomic E-state index is -0.326. The van der Waals surface area contributed by atoms with Gasteiger partial charge in [0.2, 0.25) is 5.91 Å². The van der Waals surface area contributed by atoms with Crippen molar-refractivity contribution in [2.75, 3.05) is 11.1 Å². The molecule has 0 saturated heterocycles. The molecule has 0 radical (unpaired) electrons. The Morgan fingerprint density at radius 2 is 2.07 bits per heavy atom. The van der Waals surface area contributed by atoms with Crippen LogP contribution in [0, 0.1) is 6.92 Å². The second-order valence-corrected chi connectivity index (χ2v) is 8.11. The predicted molar refractivity (Wildman–Crippen MR) is 114 cm³/mol. The standard InChI is InChI=1S/C19H22N6O2S2/c1-4-25-16(13(3)21-17(27)14-8-6-5-7-12(14)2)23-24-19(25)29-11-15(26)22-18-20-9-10-28-18/h5-10,13H,4,11H2,1-3H3,(H,21,27)(H,20,22,26)/t13-/m1/s1. The summed E-state index contributed by atoms with van der Waals surface area (Å²) < 4.78 is 1.91. The number of nitrogens with zero attached hydrogens (tertiary/aromatic N) is 4. The molecule has 0 fully saturated rings. The highest BCUT2D eigenvalue weighted by atomic mass is 32.2. The zero-order valence-corrected chi connectivity index (χ0v) is 18.0. The maximum absolute atomic E-state index is 12.6. The number of aryl methyl sites for hydroxylation is 1. The molecule has 10 heteroatoms. The van der Waals surface area contributed by atoms with Gasteiger partial charge in [-0.15, -0.1) is 21.5 Å². The maximum Gasteiger partial charge on any atom is 0.252 e.